The van der Waals surface area contributed by atoms with Crippen LogP contribution in [0.25, 0.3) is 11.1 Å². The van der Waals surface area contributed by atoms with Crippen molar-refractivity contribution in [3.63, 3.8) is 0 Å². The van der Waals surface area contributed by atoms with Crippen LogP contribution in [0.5, 0.6) is 0 Å². The van der Waals surface area contributed by atoms with Gasteiger partial charge in [-0.3, -0.25) is 4.79 Å². The fourth-order valence-corrected chi connectivity index (χ4v) is 1.90. The first-order valence-electron chi connectivity index (χ1n) is 4.08. The molecule has 1 heterocycles. The van der Waals surface area contributed by atoms with Crippen molar-refractivity contribution in [1.29, 1.82) is 0 Å². The molecule has 70 valence electrons. The highest BCUT2D eigenvalue weighted by atomic mass is 32.1. The number of carbonyl (C=O) groups excluding carboxylic acids is 1. The maximum Gasteiger partial charge on any atom is 0.152 e. The molecule has 0 aliphatic carbocycles. The van der Waals surface area contributed by atoms with E-state index in [0.717, 1.165) is 11.1 Å². The van der Waals surface area contributed by atoms with Crippen LogP contribution in [0.2, 0.25) is 0 Å². The monoisotopic (exact) mass is 206 g/mol. The van der Waals surface area contributed by atoms with Gasteiger partial charge in [-0.1, -0.05) is 6.07 Å². The number of hydrogen-bond donors (Lipinski definition) is 0. The molecule has 1 aromatic carbocycles. The summed E-state index contributed by atoms with van der Waals surface area (Å²) in [6.07, 6.45) is 0.521. The topological polar surface area (TPSA) is 17.1 Å². The first kappa shape index (κ1) is 9.09. The van der Waals surface area contributed by atoms with Gasteiger partial charge in [0.25, 0.3) is 0 Å². The Bertz CT molecular complexity index is 448. The molecule has 0 radical (unpaired) electrons. The van der Waals surface area contributed by atoms with Gasteiger partial charge in [-0.2, -0.15) is 11.3 Å². The zero-order valence-electron chi connectivity index (χ0n) is 7.24. The number of halogens is 1. The van der Waals surface area contributed by atoms with Gasteiger partial charge in [0, 0.05) is 0 Å². The van der Waals surface area contributed by atoms with E-state index in [4.69, 9.17) is 0 Å². The first-order valence-corrected chi connectivity index (χ1v) is 5.03. The van der Waals surface area contributed by atoms with Gasteiger partial charge in [-0.15, -0.1) is 0 Å². The van der Waals surface area contributed by atoms with E-state index >= 15 is 0 Å². The van der Waals surface area contributed by atoms with Crippen LogP contribution in [-0.4, -0.2) is 6.29 Å². The van der Waals surface area contributed by atoms with Gasteiger partial charge in [-0.05, 0) is 40.1 Å². The first-order chi connectivity index (χ1) is 6.81. The molecule has 0 spiro atoms. The predicted octanol–water partition coefficient (Wildman–Crippen LogP) is 3.37. The maximum absolute atomic E-state index is 13.2. The molecule has 1 nitrogen and oxygen atoms in total. The molecule has 2 aromatic rings. The summed E-state index contributed by atoms with van der Waals surface area (Å²) in [5.74, 6) is -0.469. The maximum atomic E-state index is 13.2. The minimum absolute atomic E-state index is 0.101. The highest BCUT2D eigenvalue weighted by Gasteiger charge is 2.03. The van der Waals surface area contributed by atoms with E-state index in [9.17, 15) is 9.18 Å². The number of hydrogen-bond acceptors (Lipinski definition) is 2. The van der Waals surface area contributed by atoms with Crippen molar-refractivity contribution in [1.82, 2.24) is 0 Å². The van der Waals surface area contributed by atoms with Gasteiger partial charge < -0.3 is 0 Å². The van der Waals surface area contributed by atoms with Crippen molar-refractivity contribution in [3.05, 3.63) is 46.4 Å². The molecule has 1 aromatic heterocycles. The lowest BCUT2D eigenvalue weighted by molar-refractivity contribution is 0.112. The number of carbonyl (C=O) groups is 1. The van der Waals surface area contributed by atoms with Gasteiger partial charge in [0.05, 0.1) is 5.56 Å². The number of benzene rings is 1. The largest absolute Gasteiger partial charge is 0.298 e. The van der Waals surface area contributed by atoms with Gasteiger partial charge in [0.2, 0.25) is 0 Å². The second-order valence-electron chi connectivity index (χ2n) is 2.87. The molecule has 0 amide bonds. The lowest BCUT2D eigenvalue weighted by Crippen LogP contribution is -1.87. The molecule has 0 bridgehead atoms. The van der Waals surface area contributed by atoms with Crippen molar-refractivity contribution >= 4 is 17.6 Å². The molecule has 0 aliphatic heterocycles. The number of thiophene rings is 1. The zero-order valence-corrected chi connectivity index (χ0v) is 8.05. The minimum Gasteiger partial charge on any atom is -0.298 e. The van der Waals surface area contributed by atoms with Crippen molar-refractivity contribution in [3.8, 4) is 11.1 Å². The van der Waals surface area contributed by atoms with Crippen LogP contribution in [0.4, 0.5) is 4.39 Å². The molecule has 0 atom stereocenters. The van der Waals surface area contributed by atoms with Crippen LogP contribution in [0.1, 0.15) is 10.4 Å². The van der Waals surface area contributed by atoms with E-state index in [0.29, 0.717) is 6.29 Å². The third kappa shape index (κ3) is 1.59. The molecule has 14 heavy (non-hydrogen) atoms. The fraction of sp³-hybridized carbons (Fsp3) is 0. The molecule has 0 fully saturated rings. The Balaban J connectivity index is 2.48. The summed E-state index contributed by atoms with van der Waals surface area (Å²) in [4.78, 5) is 10.4. The van der Waals surface area contributed by atoms with Crippen LogP contribution in [0, 0.1) is 5.82 Å². The van der Waals surface area contributed by atoms with E-state index in [2.05, 4.69) is 0 Å². The Morgan fingerprint density at radius 2 is 2.07 bits per heavy atom. The van der Waals surface area contributed by atoms with Gasteiger partial charge in [-0.25, -0.2) is 4.39 Å². The number of rotatable bonds is 2. The third-order valence-corrected chi connectivity index (χ3v) is 2.67. The Labute approximate surface area is 84.8 Å². The molecule has 0 saturated carbocycles. The molecular formula is C11H7FOS. The SMILES string of the molecule is O=Cc1ccc(-c2ccsc2)cc1F. The van der Waals surface area contributed by atoms with Crippen molar-refractivity contribution < 1.29 is 9.18 Å². The normalized spacial score (nSPS) is 10.1. The van der Waals surface area contributed by atoms with E-state index in [1.807, 2.05) is 16.8 Å². The summed E-state index contributed by atoms with van der Waals surface area (Å²) in [6, 6.07) is 6.54. The molecule has 3 heteroatoms. The summed E-state index contributed by atoms with van der Waals surface area (Å²) in [5, 5.41) is 3.87. The quantitative estimate of drug-likeness (QED) is 0.688. The highest BCUT2D eigenvalue weighted by molar-refractivity contribution is 7.08. The summed E-state index contributed by atoms with van der Waals surface area (Å²) in [5.41, 5.74) is 1.88. The van der Waals surface area contributed by atoms with Crippen molar-refractivity contribution in [2.24, 2.45) is 0 Å². The summed E-state index contributed by atoms with van der Waals surface area (Å²) < 4.78 is 13.2. The summed E-state index contributed by atoms with van der Waals surface area (Å²) in [6.45, 7) is 0. The summed E-state index contributed by atoms with van der Waals surface area (Å²) in [7, 11) is 0. The molecule has 0 N–H and O–H groups in total. The van der Waals surface area contributed by atoms with Gasteiger partial charge in [0.15, 0.2) is 6.29 Å². The predicted molar refractivity (Wildman–Crippen MR) is 55.1 cm³/mol. The molecule has 0 aliphatic rings. The average Bonchev–Trinajstić information content (AvgIpc) is 2.70. The molecular weight excluding hydrogens is 199 g/mol. The van der Waals surface area contributed by atoms with Crippen LogP contribution >= 0.6 is 11.3 Å². The molecule has 0 unspecified atom stereocenters. The third-order valence-electron chi connectivity index (χ3n) is 1.98. The van der Waals surface area contributed by atoms with Gasteiger partial charge >= 0.3 is 0 Å². The van der Waals surface area contributed by atoms with Crippen LogP contribution in [0.3, 0.4) is 0 Å². The number of aldehydes is 1. The van der Waals surface area contributed by atoms with Gasteiger partial charge in [0.1, 0.15) is 5.82 Å². The van der Waals surface area contributed by atoms with E-state index < -0.39 is 5.82 Å². The molecule has 2 rings (SSSR count). The Kier molecular flexibility index (Phi) is 2.41. The highest BCUT2D eigenvalue weighted by Crippen LogP contribution is 2.23. The second kappa shape index (κ2) is 3.72. The standard InChI is InChI=1S/C11H7FOS/c12-11-5-8(1-2-9(11)6-13)10-3-4-14-7-10/h1-7H. The van der Waals surface area contributed by atoms with E-state index in [1.165, 1.54) is 12.1 Å². The minimum atomic E-state index is -0.469. The second-order valence-corrected chi connectivity index (χ2v) is 3.65. The van der Waals surface area contributed by atoms with Crippen LogP contribution in [0.15, 0.2) is 35.0 Å². The average molecular weight is 206 g/mol. The fourth-order valence-electron chi connectivity index (χ4n) is 1.23. The van der Waals surface area contributed by atoms with E-state index in [-0.39, 0.29) is 5.56 Å². The smallest absolute Gasteiger partial charge is 0.152 e. The summed E-state index contributed by atoms with van der Waals surface area (Å²) >= 11 is 1.56. The Hall–Kier alpha value is -1.48. The van der Waals surface area contributed by atoms with Crippen LogP contribution < -0.4 is 0 Å². The Morgan fingerprint density at radius 1 is 1.21 bits per heavy atom. The molecule has 0 saturated heterocycles. The van der Waals surface area contributed by atoms with Crippen molar-refractivity contribution in [2.45, 2.75) is 0 Å². The lowest BCUT2D eigenvalue weighted by Gasteiger charge is -1.99. The van der Waals surface area contributed by atoms with E-state index in [1.54, 1.807) is 17.4 Å². The zero-order chi connectivity index (χ0) is 9.97. The lowest BCUT2D eigenvalue weighted by atomic mass is 10.1. The Morgan fingerprint density at radius 3 is 2.64 bits per heavy atom. The van der Waals surface area contributed by atoms with Crippen LogP contribution in [-0.2, 0) is 0 Å². The van der Waals surface area contributed by atoms with Crippen molar-refractivity contribution in [2.75, 3.05) is 0 Å².